The van der Waals surface area contributed by atoms with Gasteiger partial charge in [-0.2, -0.15) is 5.26 Å². The van der Waals surface area contributed by atoms with Gasteiger partial charge in [0.2, 0.25) is 0 Å². The zero-order chi connectivity index (χ0) is 40.9. The van der Waals surface area contributed by atoms with E-state index in [1.165, 1.54) is 12.6 Å². The number of aryl methyl sites for hydroxylation is 1. The highest BCUT2D eigenvalue weighted by molar-refractivity contribution is 5.84. The zero-order valence-corrected chi connectivity index (χ0v) is 33.3. The minimum Gasteiger partial charge on any atom is -0.378 e. The number of benzene rings is 7. The second-order valence-corrected chi connectivity index (χ2v) is 13.7. The highest BCUT2D eigenvalue weighted by atomic mass is 15.1. The molecule has 6 nitrogen and oxygen atoms in total. The first-order valence-electron chi connectivity index (χ1n) is 19.0. The largest absolute Gasteiger partial charge is 0.378 e. The van der Waals surface area contributed by atoms with E-state index in [1.807, 2.05) is 74.8 Å². The van der Waals surface area contributed by atoms with Crippen molar-refractivity contribution in [1.82, 2.24) is 0 Å². The Morgan fingerprint density at radius 2 is 0.879 bits per heavy atom. The number of nitrogens with two attached hydrogens (primary N) is 1. The van der Waals surface area contributed by atoms with Gasteiger partial charge in [-0.1, -0.05) is 103 Å². The predicted molar refractivity (Wildman–Crippen MR) is 247 cm³/mol. The van der Waals surface area contributed by atoms with Gasteiger partial charge in [0.25, 0.3) is 0 Å². The molecular weight excluding hydrogens is 709 g/mol. The molecule has 7 aromatic carbocycles. The molecule has 6 heteroatoms. The van der Waals surface area contributed by atoms with E-state index in [0.29, 0.717) is 22.4 Å². The first-order valence-corrected chi connectivity index (χ1v) is 19.0. The van der Waals surface area contributed by atoms with Crippen LogP contribution in [0.4, 0.5) is 45.5 Å². The first kappa shape index (κ1) is 40.0. The lowest BCUT2D eigenvalue weighted by Crippen LogP contribution is -2.11. The zero-order valence-electron chi connectivity index (χ0n) is 33.3. The van der Waals surface area contributed by atoms with Gasteiger partial charge >= 0.3 is 0 Å². The quantitative estimate of drug-likeness (QED) is 0.105. The van der Waals surface area contributed by atoms with Gasteiger partial charge in [0.05, 0.1) is 18.2 Å². The molecule has 0 spiro atoms. The van der Waals surface area contributed by atoms with E-state index in [1.54, 1.807) is 12.1 Å². The number of nitriles is 1. The van der Waals surface area contributed by atoms with Gasteiger partial charge in [-0.25, -0.2) is 4.85 Å². The third-order valence-electron chi connectivity index (χ3n) is 9.60. The van der Waals surface area contributed by atoms with Gasteiger partial charge in [-0.15, -0.1) is 0 Å². The molecule has 284 valence electrons. The molecule has 0 amide bonds. The van der Waals surface area contributed by atoms with Crippen LogP contribution in [0.3, 0.4) is 0 Å². The van der Waals surface area contributed by atoms with Gasteiger partial charge in [0, 0.05) is 53.9 Å². The average molecular weight is 755 g/mol. The van der Waals surface area contributed by atoms with Crippen molar-refractivity contribution < 1.29 is 0 Å². The number of hydrogen-bond donors (Lipinski definition) is 1. The molecule has 0 aliphatic rings. The summed E-state index contributed by atoms with van der Waals surface area (Å²) in [6.07, 6.45) is 7.80. The monoisotopic (exact) mass is 754 g/mol. The standard InChI is InChI=1S/C51H41N5.CH5N/c1-38-15-25-47(26-16-38)55(45-11-7-5-8-12-45)48-29-21-40(22-30-48)18-24-42-35-43(37-52)41(36-51(42)53-2)23-17-39-19-27-49(28-20-39)56(46-13-9-6-10-14-46)50-33-31-44(32-34-50)54(3)4;1-2/h5-36H,1,3-4H3;2H2,1H3. The van der Waals surface area contributed by atoms with Crippen molar-refractivity contribution in [2.45, 2.75) is 6.92 Å². The fraction of sp³-hybridized carbons (Fsp3) is 0.0769. The van der Waals surface area contributed by atoms with Crippen LogP contribution in [-0.2, 0) is 0 Å². The lowest BCUT2D eigenvalue weighted by atomic mass is 10.0. The van der Waals surface area contributed by atoms with Gasteiger partial charge in [0.15, 0.2) is 5.69 Å². The Hall–Kier alpha value is -7.64. The van der Waals surface area contributed by atoms with Crippen LogP contribution in [0.2, 0.25) is 0 Å². The van der Waals surface area contributed by atoms with E-state index in [0.717, 1.165) is 50.9 Å². The molecule has 58 heavy (non-hydrogen) atoms. The Labute approximate surface area is 343 Å². The van der Waals surface area contributed by atoms with Crippen molar-refractivity contribution >= 4 is 69.8 Å². The highest BCUT2D eigenvalue weighted by Gasteiger charge is 2.14. The number of rotatable bonds is 11. The van der Waals surface area contributed by atoms with Crippen molar-refractivity contribution in [3.63, 3.8) is 0 Å². The summed E-state index contributed by atoms with van der Waals surface area (Å²) in [5.41, 5.74) is 17.6. The lowest BCUT2D eigenvalue weighted by molar-refractivity contribution is 1.13. The van der Waals surface area contributed by atoms with Crippen molar-refractivity contribution in [3.05, 3.63) is 215 Å². The third-order valence-corrected chi connectivity index (χ3v) is 9.60. The summed E-state index contributed by atoms with van der Waals surface area (Å²) < 4.78 is 0. The van der Waals surface area contributed by atoms with Gasteiger partial charge < -0.3 is 20.4 Å². The summed E-state index contributed by atoms with van der Waals surface area (Å²) in [5.74, 6) is 0. The Kier molecular flexibility index (Phi) is 13.3. The van der Waals surface area contributed by atoms with E-state index in [2.05, 4.69) is 160 Å². The third kappa shape index (κ3) is 9.59. The van der Waals surface area contributed by atoms with E-state index < -0.39 is 0 Å². The summed E-state index contributed by atoms with van der Waals surface area (Å²) in [4.78, 5) is 10.4. The summed E-state index contributed by atoms with van der Waals surface area (Å²) in [6.45, 7) is 10.0. The fourth-order valence-corrected chi connectivity index (χ4v) is 6.57. The lowest BCUT2D eigenvalue weighted by Gasteiger charge is -2.26. The van der Waals surface area contributed by atoms with Crippen LogP contribution < -0.4 is 20.4 Å². The summed E-state index contributed by atoms with van der Waals surface area (Å²) in [6, 6.07) is 60.3. The molecule has 0 bridgehead atoms. The molecule has 0 saturated carbocycles. The highest BCUT2D eigenvalue weighted by Crippen LogP contribution is 2.37. The van der Waals surface area contributed by atoms with E-state index in [9.17, 15) is 5.26 Å². The Morgan fingerprint density at radius 3 is 1.29 bits per heavy atom. The number of anilines is 7. The Morgan fingerprint density at radius 1 is 0.500 bits per heavy atom. The smallest absolute Gasteiger partial charge is 0.194 e. The fourth-order valence-electron chi connectivity index (χ4n) is 6.57. The number of hydrogen-bond acceptors (Lipinski definition) is 5. The minimum absolute atomic E-state index is 0.486. The SMILES string of the molecule is CN.[C-]#[N+]c1cc(C=Cc2ccc(N(c3ccccc3)c3ccc(N(C)C)cc3)cc2)c(C#N)cc1C=Cc1ccc(N(c2ccccc2)c2ccc(C)cc2)cc1. The van der Waals surface area contributed by atoms with Crippen LogP contribution in [0.25, 0.3) is 29.1 Å². The molecule has 0 aromatic heterocycles. The number of para-hydroxylation sites is 2. The van der Waals surface area contributed by atoms with Crippen molar-refractivity contribution in [1.29, 1.82) is 5.26 Å². The molecule has 2 N–H and O–H groups in total. The van der Waals surface area contributed by atoms with Crippen LogP contribution in [0, 0.1) is 24.8 Å². The predicted octanol–water partition coefficient (Wildman–Crippen LogP) is 13.3. The van der Waals surface area contributed by atoms with E-state index >= 15 is 0 Å². The molecule has 0 unspecified atom stereocenters. The molecule has 0 radical (unpaired) electrons. The molecule has 0 aliphatic heterocycles. The second-order valence-electron chi connectivity index (χ2n) is 13.7. The molecule has 0 atom stereocenters. The molecule has 7 rings (SSSR count). The summed E-state index contributed by atoms with van der Waals surface area (Å²) in [5, 5.41) is 10.1. The second kappa shape index (κ2) is 19.3. The summed E-state index contributed by atoms with van der Waals surface area (Å²) >= 11 is 0. The van der Waals surface area contributed by atoms with Gasteiger partial charge in [-0.05, 0) is 133 Å². The van der Waals surface area contributed by atoms with Crippen molar-refractivity contribution in [2.24, 2.45) is 5.73 Å². The van der Waals surface area contributed by atoms with E-state index in [4.69, 9.17) is 6.57 Å². The Bertz CT molecular complexity index is 2540. The molecule has 0 aliphatic carbocycles. The van der Waals surface area contributed by atoms with Crippen LogP contribution in [-0.4, -0.2) is 21.1 Å². The van der Waals surface area contributed by atoms with Crippen molar-refractivity contribution in [2.75, 3.05) is 35.8 Å². The van der Waals surface area contributed by atoms with Crippen LogP contribution in [0.1, 0.15) is 33.4 Å². The maximum atomic E-state index is 10.1. The maximum Gasteiger partial charge on any atom is 0.194 e. The molecular formula is C52H46N6. The van der Waals surface area contributed by atoms with Crippen LogP contribution >= 0.6 is 0 Å². The van der Waals surface area contributed by atoms with Crippen molar-refractivity contribution in [3.8, 4) is 6.07 Å². The average Bonchev–Trinajstić information content (AvgIpc) is 3.28. The maximum absolute atomic E-state index is 10.1. The first-order chi connectivity index (χ1) is 28.4. The van der Waals surface area contributed by atoms with Crippen LogP contribution in [0.15, 0.2) is 170 Å². The van der Waals surface area contributed by atoms with Crippen LogP contribution in [0.5, 0.6) is 0 Å². The van der Waals surface area contributed by atoms with Gasteiger partial charge in [0.1, 0.15) is 0 Å². The molecule has 0 heterocycles. The van der Waals surface area contributed by atoms with E-state index in [-0.39, 0.29) is 0 Å². The summed E-state index contributed by atoms with van der Waals surface area (Å²) in [7, 11) is 5.58. The molecule has 0 fully saturated rings. The molecule has 7 aromatic rings. The Balaban J connectivity index is 0.00000279. The van der Waals surface area contributed by atoms with Gasteiger partial charge in [-0.3, -0.25) is 0 Å². The molecule has 0 saturated heterocycles. The number of nitrogens with zero attached hydrogens (tertiary/aromatic N) is 5. The minimum atomic E-state index is 0.486. The topological polar surface area (TPSA) is 63.9 Å². The normalized spacial score (nSPS) is 10.7.